The van der Waals surface area contributed by atoms with Crippen LogP contribution in [0, 0.1) is 19.8 Å². The van der Waals surface area contributed by atoms with Gasteiger partial charge in [0.1, 0.15) is 22.9 Å². The van der Waals surface area contributed by atoms with Crippen molar-refractivity contribution in [2.24, 2.45) is 5.92 Å². The average molecular weight is 445 g/mol. The molecule has 1 aliphatic heterocycles. The second kappa shape index (κ2) is 8.64. The van der Waals surface area contributed by atoms with Gasteiger partial charge < -0.3 is 9.26 Å². The summed E-state index contributed by atoms with van der Waals surface area (Å²) in [6.45, 7) is 3.61. The van der Waals surface area contributed by atoms with Crippen LogP contribution in [0.15, 0.2) is 52.0 Å². The fraction of sp³-hybridized carbons (Fsp3) is 0.381. The Hall–Kier alpha value is -2.98. The van der Waals surface area contributed by atoms with Gasteiger partial charge in [-0.1, -0.05) is 23.4 Å². The lowest BCUT2D eigenvalue weighted by Crippen LogP contribution is -2.43. The molecule has 0 spiro atoms. The van der Waals surface area contributed by atoms with E-state index in [0.717, 1.165) is 5.69 Å². The van der Waals surface area contributed by atoms with Crippen molar-refractivity contribution in [2.75, 3.05) is 13.1 Å². The van der Waals surface area contributed by atoms with E-state index < -0.39 is 21.9 Å². The van der Waals surface area contributed by atoms with Gasteiger partial charge in [0, 0.05) is 19.3 Å². The number of nitrogens with zero attached hydrogens (tertiary/aromatic N) is 4. The number of sulfonamides is 1. The van der Waals surface area contributed by atoms with Gasteiger partial charge in [0.15, 0.2) is 5.76 Å². The van der Waals surface area contributed by atoms with Crippen LogP contribution < -0.4 is 0 Å². The molecule has 4 rings (SSSR count). The first-order valence-electron chi connectivity index (χ1n) is 10.1. The summed E-state index contributed by atoms with van der Waals surface area (Å²) in [7, 11) is -3.79. The van der Waals surface area contributed by atoms with E-state index in [4.69, 9.17) is 9.26 Å². The van der Waals surface area contributed by atoms with Crippen molar-refractivity contribution < 1.29 is 22.5 Å². The van der Waals surface area contributed by atoms with E-state index in [1.165, 1.54) is 4.31 Å². The number of rotatable bonds is 6. The number of hydrogen-bond acceptors (Lipinski definition) is 7. The molecule has 3 aromatic rings. The molecule has 9 nitrogen and oxygen atoms in total. The second-order valence-corrected chi connectivity index (χ2v) is 9.43. The van der Waals surface area contributed by atoms with Gasteiger partial charge in [0.25, 0.3) is 0 Å². The number of hydrogen-bond donors (Lipinski definition) is 0. The summed E-state index contributed by atoms with van der Waals surface area (Å²) >= 11 is 0. The fourth-order valence-corrected chi connectivity index (χ4v) is 5.57. The Morgan fingerprint density at radius 3 is 2.71 bits per heavy atom. The molecule has 31 heavy (non-hydrogen) atoms. The molecule has 1 aliphatic rings. The van der Waals surface area contributed by atoms with Gasteiger partial charge in [-0.05, 0) is 44.9 Å². The lowest BCUT2D eigenvalue weighted by atomic mass is 10.00. The first kappa shape index (κ1) is 21.3. The van der Waals surface area contributed by atoms with Crippen LogP contribution in [0.2, 0.25) is 0 Å². The number of benzene rings is 1. The zero-order valence-corrected chi connectivity index (χ0v) is 18.2. The zero-order valence-electron chi connectivity index (χ0n) is 17.4. The van der Waals surface area contributed by atoms with Crippen LogP contribution in [-0.4, -0.2) is 46.7 Å². The molecule has 1 atom stereocenters. The molecule has 10 heteroatoms. The Labute approximate surface area is 180 Å². The minimum atomic E-state index is -3.79. The molecule has 0 N–H and O–H groups in total. The molecule has 2 aromatic heterocycles. The van der Waals surface area contributed by atoms with Crippen molar-refractivity contribution in [1.82, 2.24) is 19.2 Å². The molecule has 0 amide bonds. The highest BCUT2D eigenvalue weighted by atomic mass is 32.2. The minimum Gasteiger partial charge on any atom is -0.459 e. The van der Waals surface area contributed by atoms with Gasteiger partial charge in [0.2, 0.25) is 10.0 Å². The van der Waals surface area contributed by atoms with Crippen molar-refractivity contribution in [3.63, 3.8) is 0 Å². The summed E-state index contributed by atoms with van der Waals surface area (Å²) in [5.74, 6) is -0.704. The monoisotopic (exact) mass is 444 g/mol. The quantitative estimate of drug-likeness (QED) is 0.538. The third-order valence-electron chi connectivity index (χ3n) is 5.31. The molecular formula is C21H24N4O5S. The second-order valence-electron chi connectivity index (χ2n) is 7.55. The Morgan fingerprint density at radius 2 is 2.00 bits per heavy atom. The summed E-state index contributed by atoms with van der Waals surface area (Å²) in [6, 6.07) is 11.4. The predicted molar refractivity (Wildman–Crippen MR) is 111 cm³/mol. The third kappa shape index (κ3) is 4.40. The molecule has 1 saturated heterocycles. The van der Waals surface area contributed by atoms with Crippen molar-refractivity contribution in [2.45, 2.75) is 38.2 Å². The molecule has 3 heterocycles. The van der Waals surface area contributed by atoms with Gasteiger partial charge in [-0.25, -0.2) is 13.1 Å². The molecule has 1 unspecified atom stereocenters. The molecule has 0 saturated carbocycles. The van der Waals surface area contributed by atoms with Crippen LogP contribution in [0.3, 0.4) is 0 Å². The van der Waals surface area contributed by atoms with E-state index in [9.17, 15) is 13.2 Å². The molecule has 0 aliphatic carbocycles. The SMILES string of the molecule is Cc1noc(C)c1S(=O)(=O)N1CCCC(C(=O)OCc2ccn(-c3ccccc3)n2)C1. The van der Waals surface area contributed by atoms with Gasteiger partial charge in [0.05, 0.1) is 11.6 Å². The van der Waals surface area contributed by atoms with Crippen LogP contribution in [0.5, 0.6) is 0 Å². The highest BCUT2D eigenvalue weighted by Crippen LogP contribution is 2.28. The van der Waals surface area contributed by atoms with Crippen LogP contribution in [0.4, 0.5) is 0 Å². The topological polar surface area (TPSA) is 108 Å². The van der Waals surface area contributed by atoms with Crippen LogP contribution in [0.1, 0.15) is 30.0 Å². The summed E-state index contributed by atoms with van der Waals surface area (Å²) in [5.41, 5.74) is 1.84. The normalized spacial score (nSPS) is 17.5. The Balaban J connectivity index is 1.39. The Bertz CT molecular complexity index is 1150. The summed E-state index contributed by atoms with van der Waals surface area (Å²) in [5, 5.41) is 8.16. The number of aryl methyl sites for hydroxylation is 2. The molecular weight excluding hydrogens is 420 g/mol. The lowest BCUT2D eigenvalue weighted by molar-refractivity contribution is -0.151. The molecule has 0 bridgehead atoms. The number of piperidine rings is 1. The minimum absolute atomic E-state index is 0.0335. The highest BCUT2D eigenvalue weighted by molar-refractivity contribution is 7.89. The van der Waals surface area contributed by atoms with Crippen LogP contribution in [-0.2, 0) is 26.2 Å². The largest absolute Gasteiger partial charge is 0.459 e. The summed E-state index contributed by atoms with van der Waals surface area (Å²) < 4.78 is 39.6. The maximum absolute atomic E-state index is 13.0. The third-order valence-corrected chi connectivity index (χ3v) is 7.42. The number of para-hydroxylation sites is 1. The van der Waals surface area contributed by atoms with E-state index in [-0.39, 0.29) is 23.8 Å². The van der Waals surface area contributed by atoms with Crippen molar-refractivity contribution in [3.05, 3.63) is 59.7 Å². The molecule has 164 valence electrons. The number of esters is 1. The van der Waals surface area contributed by atoms with E-state index in [2.05, 4.69) is 10.3 Å². The Kier molecular flexibility index (Phi) is 5.92. The van der Waals surface area contributed by atoms with E-state index in [1.54, 1.807) is 30.8 Å². The van der Waals surface area contributed by atoms with Crippen molar-refractivity contribution in [3.8, 4) is 5.69 Å². The van der Waals surface area contributed by atoms with Gasteiger partial charge in [-0.2, -0.15) is 9.40 Å². The van der Waals surface area contributed by atoms with Crippen LogP contribution >= 0.6 is 0 Å². The molecule has 1 aromatic carbocycles. The number of ether oxygens (including phenoxy) is 1. The summed E-state index contributed by atoms with van der Waals surface area (Å²) in [4.78, 5) is 12.7. The maximum Gasteiger partial charge on any atom is 0.310 e. The number of aromatic nitrogens is 3. The molecule has 0 radical (unpaired) electrons. The Morgan fingerprint density at radius 1 is 1.23 bits per heavy atom. The smallest absolute Gasteiger partial charge is 0.310 e. The predicted octanol–water partition coefficient (Wildman–Crippen LogP) is 2.62. The van der Waals surface area contributed by atoms with E-state index in [0.29, 0.717) is 30.8 Å². The van der Waals surface area contributed by atoms with Crippen molar-refractivity contribution in [1.29, 1.82) is 0 Å². The lowest BCUT2D eigenvalue weighted by Gasteiger charge is -2.30. The number of carbonyl (C=O) groups excluding carboxylic acids is 1. The molecule has 1 fully saturated rings. The van der Waals surface area contributed by atoms with E-state index >= 15 is 0 Å². The average Bonchev–Trinajstić information content (AvgIpc) is 3.39. The van der Waals surface area contributed by atoms with Crippen molar-refractivity contribution >= 4 is 16.0 Å². The zero-order chi connectivity index (χ0) is 22.0. The standard InChI is InChI=1S/C21H24N4O5S/c1-15-20(16(2)30-23-15)31(27,28)24-11-6-7-17(13-24)21(26)29-14-18-10-12-25(22-18)19-8-4-3-5-9-19/h3-5,8-10,12,17H,6-7,11,13-14H2,1-2H3. The highest BCUT2D eigenvalue weighted by Gasteiger charge is 2.37. The van der Waals surface area contributed by atoms with Gasteiger partial charge in [-0.3, -0.25) is 4.79 Å². The van der Waals surface area contributed by atoms with Gasteiger partial charge in [-0.15, -0.1) is 0 Å². The van der Waals surface area contributed by atoms with E-state index in [1.807, 2.05) is 30.3 Å². The fourth-order valence-electron chi connectivity index (χ4n) is 3.75. The van der Waals surface area contributed by atoms with Crippen LogP contribution in [0.25, 0.3) is 5.69 Å². The van der Waals surface area contributed by atoms with Gasteiger partial charge >= 0.3 is 5.97 Å². The number of carbonyl (C=O) groups is 1. The summed E-state index contributed by atoms with van der Waals surface area (Å²) in [6.07, 6.45) is 2.95. The first-order valence-corrected chi connectivity index (χ1v) is 11.5. The maximum atomic E-state index is 13.0. The first-order chi connectivity index (χ1) is 14.9.